The number of amides is 1. The fourth-order valence-corrected chi connectivity index (χ4v) is 5.82. The second-order valence-electron chi connectivity index (χ2n) is 13.1. The fourth-order valence-electron chi connectivity index (χ4n) is 5.82. The average molecular weight is 610 g/mol. The Morgan fingerprint density at radius 1 is 0.535 bits per heavy atom. The van der Waals surface area contributed by atoms with Crippen LogP contribution in [0.5, 0.6) is 0 Å². The highest BCUT2D eigenvalue weighted by Crippen LogP contribution is 2.16. The van der Waals surface area contributed by atoms with Gasteiger partial charge in [0, 0.05) is 0 Å². The molecule has 256 valence electrons. The first-order valence-corrected chi connectivity index (χ1v) is 19.0. The minimum atomic E-state index is -1.08. The lowest BCUT2D eigenvalue weighted by Gasteiger charge is -2.23. The third kappa shape index (κ3) is 29.6. The molecule has 1 amide bonds. The number of rotatable bonds is 34. The van der Waals surface area contributed by atoms with Crippen molar-refractivity contribution in [1.29, 1.82) is 0 Å². The number of aliphatic hydroxyl groups is 3. The maximum atomic E-state index is 12.4. The third-order valence-electron chi connectivity index (χ3n) is 8.88. The van der Waals surface area contributed by atoms with Gasteiger partial charge in [0.1, 0.15) is 6.10 Å². The zero-order chi connectivity index (χ0) is 31.6. The first-order valence-electron chi connectivity index (χ1n) is 19.0. The third-order valence-corrected chi connectivity index (χ3v) is 8.88. The summed E-state index contributed by atoms with van der Waals surface area (Å²) in [4.78, 5) is 12.4. The molecular formula is C38H75NO4. The monoisotopic (exact) mass is 610 g/mol. The molecule has 0 rings (SSSR count). The highest BCUT2D eigenvalue weighted by molar-refractivity contribution is 5.80. The Morgan fingerprint density at radius 3 is 1.35 bits per heavy atom. The number of unbranched alkanes of at least 4 members (excludes halogenated alkanes) is 24. The van der Waals surface area contributed by atoms with Gasteiger partial charge in [-0.2, -0.15) is 0 Å². The highest BCUT2D eigenvalue weighted by Gasteiger charge is 2.23. The second kappa shape index (κ2) is 34.0. The molecule has 0 fully saturated rings. The summed E-state index contributed by atoms with van der Waals surface area (Å²) in [7, 11) is 0. The van der Waals surface area contributed by atoms with Gasteiger partial charge in [-0.15, -0.1) is 0 Å². The molecule has 5 nitrogen and oxygen atoms in total. The molecule has 0 aromatic heterocycles. The fraction of sp³-hybridized carbons (Fsp3) is 0.921. The number of carbonyl (C=O) groups excluding carboxylic acids is 1. The Kier molecular flexibility index (Phi) is 33.3. The van der Waals surface area contributed by atoms with E-state index in [1.165, 1.54) is 128 Å². The lowest BCUT2D eigenvalue weighted by atomic mass is 10.0. The van der Waals surface area contributed by atoms with E-state index < -0.39 is 24.2 Å². The van der Waals surface area contributed by atoms with Crippen LogP contribution >= 0.6 is 0 Å². The number of aliphatic hydroxyl groups excluding tert-OH is 3. The minimum Gasteiger partial charge on any atom is -0.394 e. The van der Waals surface area contributed by atoms with E-state index in [1.54, 1.807) is 0 Å². The lowest BCUT2D eigenvalue weighted by molar-refractivity contribution is -0.131. The predicted octanol–water partition coefficient (Wildman–Crippen LogP) is 10.1. The van der Waals surface area contributed by atoms with Crippen LogP contribution in [0.15, 0.2) is 12.2 Å². The van der Waals surface area contributed by atoms with Gasteiger partial charge in [0.2, 0.25) is 5.91 Å². The van der Waals surface area contributed by atoms with Gasteiger partial charge in [-0.25, -0.2) is 0 Å². The van der Waals surface area contributed by atoms with Crippen LogP contribution in [0.2, 0.25) is 0 Å². The molecule has 0 aliphatic heterocycles. The zero-order valence-electron chi connectivity index (χ0n) is 28.8. The van der Waals surface area contributed by atoms with Crippen molar-refractivity contribution in [3.05, 3.63) is 12.2 Å². The van der Waals surface area contributed by atoms with Crippen LogP contribution in [0, 0.1) is 0 Å². The van der Waals surface area contributed by atoms with E-state index in [0.717, 1.165) is 44.9 Å². The van der Waals surface area contributed by atoms with E-state index in [1.807, 2.05) is 0 Å². The zero-order valence-corrected chi connectivity index (χ0v) is 28.8. The van der Waals surface area contributed by atoms with E-state index in [4.69, 9.17) is 0 Å². The van der Waals surface area contributed by atoms with E-state index >= 15 is 0 Å². The van der Waals surface area contributed by atoms with E-state index in [2.05, 4.69) is 31.3 Å². The van der Waals surface area contributed by atoms with E-state index in [-0.39, 0.29) is 6.61 Å². The molecule has 0 heterocycles. The summed E-state index contributed by atoms with van der Waals surface area (Å²) in [5, 5.41) is 33.1. The summed E-state index contributed by atoms with van der Waals surface area (Å²) < 4.78 is 0. The quantitative estimate of drug-likeness (QED) is 0.0432. The summed E-state index contributed by atoms with van der Waals surface area (Å²) in [6.07, 6.45) is 37.8. The van der Waals surface area contributed by atoms with Gasteiger partial charge >= 0.3 is 0 Å². The SMILES string of the molecule is CCCC/C=C\CCCCCCC(O)C(=O)NC(CO)C(O)CCCCCCCCCCCCCCCCCCCCC. The van der Waals surface area contributed by atoms with Gasteiger partial charge in [-0.05, 0) is 32.1 Å². The topological polar surface area (TPSA) is 89.8 Å². The molecule has 0 saturated carbocycles. The predicted molar refractivity (Wildman–Crippen MR) is 185 cm³/mol. The largest absolute Gasteiger partial charge is 0.394 e. The molecule has 3 atom stereocenters. The maximum Gasteiger partial charge on any atom is 0.249 e. The van der Waals surface area contributed by atoms with Gasteiger partial charge in [0.05, 0.1) is 18.8 Å². The van der Waals surface area contributed by atoms with Gasteiger partial charge < -0.3 is 20.6 Å². The van der Waals surface area contributed by atoms with Crippen LogP contribution in [0.1, 0.15) is 200 Å². The van der Waals surface area contributed by atoms with Crippen LogP contribution in [-0.4, -0.2) is 46.1 Å². The minimum absolute atomic E-state index is 0.315. The molecule has 4 N–H and O–H groups in total. The van der Waals surface area contributed by atoms with Crippen molar-refractivity contribution in [1.82, 2.24) is 5.32 Å². The van der Waals surface area contributed by atoms with Gasteiger partial charge in [-0.1, -0.05) is 180 Å². The van der Waals surface area contributed by atoms with Crippen LogP contribution < -0.4 is 5.32 Å². The number of hydrogen-bond acceptors (Lipinski definition) is 4. The average Bonchev–Trinajstić information content (AvgIpc) is 3.01. The Hall–Kier alpha value is -0.910. The van der Waals surface area contributed by atoms with Crippen LogP contribution in [-0.2, 0) is 4.79 Å². The summed E-state index contributed by atoms with van der Waals surface area (Å²) in [5.41, 5.74) is 0. The number of allylic oxidation sites excluding steroid dienone is 2. The van der Waals surface area contributed by atoms with Gasteiger partial charge in [0.25, 0.3) is 0 Å². The number of nitrogens with one attached hydrogen (secondary N) is 1. The molecule has 0 saturated heterocycles. The van der Waals surface area contributed by atoms with Gasteiger partial charge in [0.15, 0.2) is 0 Å². The summed E-state index contributed by atoms with van der Waals surface area (Å²) >= 11 is 0. The first-order chi connectivity index (χ1) is 21.1. The molecule has 0 aliphatic rings. The van der Waals surface area contributed by atoms with E-state index in [9.17, 15) is 20.1 Å². The molecule has 0 aliphatic carbocycles. The molecule has 0 radical (unpaired) electrons. The van der Waals surface area contributed by atoms with E-state index in [0.29, 0.717) is 12.8 Å². The first kappa shape index (κ1) is 42.1. The molecule has 0 aromatic carbocycles. The normalized spacial score (nSPS) is 13.9. The van der Waals surface area contributed by atoms with Crippen LogP contribution in [0.3, 0.4) is 0 Å². The Bertz CT molecular complexity index is 596. The second-order valence-corrected chi connectivity index (χ2v) is 13.1. The van der Waals surface area contributed by atoms with Crippen molar-refractivity contribution in [3.8, 4) is 0 Å². The maximum absolute atomic E-state index is 12.4. The Morgan fingerprint density at radius 2 is 0.907 bits per heavy atom. The van der Waals surface area contributed by atoms with Gasteiger partial charge in [-0.3, -0.25) is 4.79 Å². The summed E-state index contributed by atoms with van der Waals surface area (Å²) in [6.45, 7) is 4.17. The molecule has 0 bridgehead atoms. The van der Waals surface area contributed by atoms with Crippen molar-refractivity contribution in [3.63, 3.8) is 0 Å². The number of carbonyl (C=O) groups is 1. The number of hydrogen-bond donors (Lipinski definition) is 4. The molecule has 3 unspecified atom stereocenters. The van der Waals surface area contributed by atoms with Crippen LogP contribution in [0.4, 0.5) is 0 Å². The molecule has 0 aromatic rings. The lowest BCUT2D eigenvalue weighted by Crippen LogP contribution is -2.49. The standard InChI is InChI=1S/C38H75NO4/c1-3-5-7-9-11-13-15-16-17-18-19-20-21-22-23-25-26-28-30-32-36(41)35(34-40)39-38(43)37(42)33-31-29-27-24-14-12-10-8-6-4-2/h10,12,35-37,40-42H,3-9,11,13-34H2,1-2H3,(H,39,43)/b12-10-. The summed E-state index contributed by atoms with van der Waals surface area (Å²) in [6, 6.07) is -0.711. The van der Waals surface area contributed by atoms with Crippen LogP contribution in [0.25, 0.3) is 0 Å². The van der Waals surface area contributed by atoms with Crippen molar-refractivity contribution in [2.24, 2.45) is 0 Å². The summed E-state index contributed by atoms with van der Waals surface area (Å²) in [5.74, 6) is -0.481. The smallest absolute Gasteiger partial charge is 0.249 e. The van der Waals surface area contributed by atoms with Crippen molar-refractivity contribution < 1.29 is 20.1 Å². The molecule has 43 heavy (non-hydrogen) atoms. The molecule has 5 heteroatoms. The molecular weight excluding hydrogens is 534 g/mol. The van der Waals surface area contributed by atoms with Crippen molar-refractivity contribution >= 4 is 5.91 Å². The Labute approximate surface area is 268 Å². The van der Waals surface area contributed by atoms with Crippen molar-refractivity contribution in [2.45, 2.75) is 218 Å². The Balaban J connectivity index is 3.62. The van der Waals surface area contributed by atoms with Crippen molar-refractivity contribution in [2.75, 3.05) is 6.61 Å². The molecule has 0 spiro atoms. The highest BCUT2D eigenvalue weighted by atomic mass is 16.3.